The molecule has 3 rings (SSSR count). The number of ether oxygens (including phenoxy) is 2. The Morgan fingerprint density at radius 2 is 1.79 bits per heavy atom. The van der Waals surface area contributed by atoms with Crippen molar-refractivity contribution in [3.63, 3.8) is 0 Å². The Hall–Kier alpha value is -3.26. The molecule has 0 spiro atoms. The largest absolute Gasteiger partial charge is 0.493 e. The number of hydrogen-bond acceptors (Lipinski definition) is 5. The zero-order valence-corrected chi connectivity index (χ0v) is 13.4. The van der Waals surface area contributed by atoms with E-state index in [-0.39, 0.29) is 6.04 Å². The minimum absolute atomic E-state index is 0.277. The zero-order chi connectivity index (χ0) is 17.1. The second-order valence-electron chi connectivity index (χ2n) is 5.37. The summed E-state index contributed by atoms with van der Waals surface area (Å²) in [4.78, 5) is 11.5. The van der Waals surface area contributed by atoms with Crippen molar-refractivity contribution >= 4 is 18.0 Å². The Bertz CT molecular complexity index is 848. The van der Waals surface area contributed by atoms with Gasteiger partial charge in [-0.3, -0.25) is 4.79 Å². The first-order valence-corrected chi connectivity index (χ1v) is 7.39. The number of carbonyl (C=O) groups is 1. The van der Waals surface area contributed by atoms with Crippen LogP contribution in [0.5, 0.6) is 11.5 Å². The van der Waals surface area contributed by atoms with E-state index in [0.29, 0.717) is 22.6 Å². The van der Waals surface area contributed by atoms with Crippen LogP contribution in [0.15, 0.2) is 42.0 Å². The molecule has 0 radical (unpaired) electrons. The zero-order valence-electron chi connectivity index (χ0n) is 13.4. The van der Waals surface area contributed by atoms with Crippen LogP contribution in [-0.4, -0.2) is 20.5 Å². The lowest BCUT2D eigenvalue weighted by Crippen LogP contribution is -2.18. The summed E-state index contributed by atoms with van der Waals surface area (Å²) in [6.45, 7) is 0. The third-order valence-corrected chi connectivity index (χ3v) is 4.02. The highest BCUT2D eigenvalue weighted by molar-refractivity contribution is 5.90. The maximum Gasteiger partial charge on any atom is 0.162 e. The van der Waals surface area contributed by atoms with E-state index in [1.165, 1.54) is 0 Å². The monoisotopic (exact) mass is 320 g/mol. The summed E-state index contributed by atoms with van der Waals surface area (Å²) in [5.74, 6) is 1.22. The number of benzene rings is 2. The summed E-state index contributed by atoms with van der Waals surface area (Å²) in [7, 11) is 3.16. The van der Waals surface area contributed by atoms with Crippen molar-refractivity contribution in [2.75, 3.05) is 19.5 Å². The van der Waals surface area contributed by atoms with Crippen LogP contribution in [0.25, 0.3) is 6.08 Å². The average molecular weight is 320 g/mol. The third kappa shape index (κ3) is 2.70. The fourth-order valence-electron chi connectivity index (χ4n) is 2.77. The van der Waals surface area contributed by atoms with Gasteiger partial charge in [0.2, 0.25) is 0 Å². The summed E-state index contributed by atoms with van der Waals surface area (Å²) in [5.41, 5.74) is 3.82. The molecule has 120 valence electrons. The van der Waals surface area contributed by atoms with Gasteiger partial charge in [-0.1, -0.05) is 12.1 Å². The van der Waals surface area contributed by atoms with E-state index in [1.807, 2.05) is 30.3 Å². The minimum Gasteiger partial charge on any atom is -0.493 e. The van der Waals surface area contributed by atoms with Crippen molar-refractivity contribution in [1.82, 2.24) is 0 Å². The molecule has 1 heterocycles. The lowest BCUT2D eigenvalue weighted by molar-refractivity contribution is -0.105. The molecule has 0 unspecified atom stereocenters. The van der Waals surface area contributed by atoms with Gasteiger partial charge in [0.05, 0.1) is 31.9 Å². The molecule has 1 aliphatic heterocycles. The fraction of sp³-hybridized carbons (Fsp3) is 0.158. The van der Waals surface area contributed by atoms with Gasteiger partial charge in [-0.15, -0.1) is 0 Å². The maximum atomic E-state index is 11.5. The molecule has 0 aliphatic carbocycles. The molecule has 2 aromatic rings. The van der Waals surface area contributed by atoms with E-state index in [2.05, 4.69) is 11.4 Å². The van der Waals surface area contributed by atoms with Crippen LogP contribution in [0, 0.1) is 11.3 Å². The van der Waals surface area contributed by atoms with Crippen molar-refractivity contribution in [3.05, 3.63) is 58.7 Å². The predicted octanol–water partition coefficient (Wildman–Crippen LogP) is 3.32. The van der Waals surface area contributed by atoms with Gasteiger partial charge >= 0.3 is 0 Å². The van der Waals surface area contributed by atoms with Crippen LogP contribution >= 0.6 is 0 Å². The summed E-state index contributed by atoms with van der Waals surface area (Å²) in [5, 5.41) is 12.3. The van der Waals surface area contributed by atoms with Crippen LogP contribution < -0.4 is 14.8 Å². The van der Waals surface area contributed by atoms with E-state index in [4.69, 9.17) is 14.7 Å². The third-order valence-electron chi connectivity index (χ3n) is 4.02. The highest BCUT2D eigenvalue weighted by Gasteiger charge is 2.23. The summed E-state index contributed by atoms with van der Waals surface area (Å²) >= 11 is 0. The normalized spacial score (nSPS) is 15.4. The molecule has 0 fully saturated rings. The second kappa shape index (κ2) is 6.47. The van der Waals surface area contributed by atoms with Gasteiger partial charge in [0.25, 0.3) is 0 Å². The number of aldehydes is 1. The van der Waals surface area contributed by atoms with Crippen molar-refractivity contribution in [2.45, 2.75) is 6.04 Å². The Kier molecular flexibility index (Phi) is 4.21. The number of nitrogens with zero attached hydrogens (tertiary/aromatic N) is 1. The number of nitriles is 1. The Labute approximate surface area is 140 Å². The highest BCUT2D eigenvalue weighted by Crippen LogP contribution is 2.40. The molecular weight excluding hydrogens is 304 g/mol. The Morgan fingerprint density at radius 3 is 2.38 bits per heavy atom. The lowest BCUT2D eigenvalue weighted by Gasteiger charge is -2.27. The molecule has 2 aromatic carbocycles. The van der Waals surface area contributed by atoms with Gasteiger partial charge in [0, 0.05) is 22.9 Å². The molecule has 1 aliphatic rings. The van der Waals surface area contributed by atoms with Gasteiger partial charge in [-0.25, -0.2) is 0 Å². The van der Waals surface area contributed by atoms with Crippen molar-refractivity contribution < 1.29 is 14.3 Å². The molecule has 5 nitrogen and oxygen atoms in total. The Morgan fingerprint density at radius 1 is 1.12 bits per heavy atom. The number of nitrogens with one attached hydrogen (secondary N) is 1. The molecule has 5 heteroatoms. The van der Waals surface area contributed by atoms with Crippen LogP contribution in [0.2, 0.25) is 0 Å². The maximum absolute atomic E-state index is 11.5. The molecule has 0 amide bonds. The smallest absolute Gasteiger partial charge is 0.162 e. The summed E-state index contributed by atoms with van der Waals surface area (Å²) in [6, 6.07) is 12.7. The van der Waals surface area contributed by atoms with E-state index >= 15 is 0 Å². The molecule has 0 bridgehead atoms. The molecule has 24 heavy (non-hydrogen) atoms. The first kappa shape index (κ1) is 15.6. The molecule has 0 saturated carbocycles. The van der Waals surface area contributed by atoms with Gasteiger partial charge < -0.3 is 14.8 Å². The molecular formula is C19H16N2O3. The van der Waals surface area contributed by atoms with Gasteiger partial charge in [0.1, 0.15) is 6.29 Å². The number of rotatable bonds is 4. The first-order chi connectivity index (χ1) is 11.7. The van der Waals surface area contributed by atoms with E-state index in [9.17, 15) is 4.79 Å². The molecule has 1 atom stereocenters. The minimum atomic E-state index is -0.277. The van der Waals surface area contributed by atoms with E-state index in [1.54, 1.807) is 26.4 Å². The van der Waals surface area contributed by atoms with Gasteiger partial charge in [-0.2, -0.15) is 5.26 Å². The number of fused-ring (bicyclic) bond motifs is 1. The van der Waals surface area contributed by atoms with Crippen LogP contribution in [0.3, 0.4) is 0 Å². The number of carbonyl (C=O) groups excluding carboxylic acids is 1. The van der Waals surface area contributed by atoms with E-state index < -0.39 is 0 Å². The lowest BCUT2D eigenvalue weighted by atomic mass is 9.92. The van der Waals surface area contributed by atoms with Crippen LogP contribution in [-0.2, 0) is 4.79 Å². The SMILES string of the molecule is COc1cc2c(cc1OC)N[C@H](c1ccc(C#N)cc1)C(C=O)=C2. The summed E-state index contributed by atoms with van der Waals surface area (Å²) < 4.78 is 10.6. The number of anilines is 1. The quantitative estimate of drug-likeness (QED) is 0.875. The number of hydrogen-bond donors (Lipinski definition) is 1. The van der Waals surface area contributed by atoms with E-state index in [0.717, 1.165) is 23.1 Å². The second-order valence-corrected chi connectivity index (χ2v) is 5.37. The Balaban J connectivity index is 2.04. The van der Waals surface area contributed by atoms with Gasteiger partial charge in [-0.05, 0) is 29.8 Å². The van der Waals surface area contributed by atoms with Gasteiger partial charge in [0.15, 0.2) is 11.5 Å². The average Bonchev–Trinajstić information content (AvgIpc) is 2.65. The highest BCUT2D eigenvalue weighted by atomic mass is 16.5. The molecule has 0 saturated heterocycles. The fourth-order valence-corrected chi connectivity index (χ4v) is 2.77. The van der Waals surface area contributed by atoms with Crippen molar-refractivity contribution in [3.8, 4) is 17.6 Å². The first-order valence-electron chi connectivity index (χ1n) is 7.39. The van der Waals surface area contributed by atoms with Crippen LogP contribution in [0.1, 0.15) is 22.7 Å². The number of methoxy groups -OCH3 is 2. The summed E-state index contributed by atoms with van der Waals surface area (Å²) in [6.07, 6.45) is 2.68. The van der Waals surface area contributed by atoms with Crippen molar-refractivity contribution in [1.29, 1.82) is 5.26 Å². The predicted molar refractivity (Wildman–Crippen MR) is 91.1 cm³/mol. The van der Waals surface area contributed by atoms with Crippen LogP contribution in [0.4, 0.5) is 5.69 Å². The topological polar surface area (TPSA) is 71.3 Å². The molecule has 1 N–H and O–H groups in total. The standard InChI is InChI=1S/C19H16N2O3/c1-23-17-8-14-7-15(11-22)19(21-16(14)9-18(17)24-2)13-5-3-12(10-20)4-6-13/h3-9,11,19,21H,1-2H3/t19-/m1/s1. The van der Waals surface area contributed by atoms with Crippen molar-refractivity contribution in [2.24, 2.45) is 0 Å². The molecule has 0 aromatic heterocycles.